The molecule has 1 amide bonds. The Bertz CT molecular complexity index is 601. The number of carbonyl (C=O) groups excluding carboxylic acids is 1. The molecule has 1 N–H and O–H groups in total. The third kappa shape index (κ3) is 2.84. The minimum Gasteiger partial charge on any atom is -0.319 e. The molecule has 92 valence electrons. The van der Waals surface area contributed by atoms with Crippen LogP contribution in [0.3, 0.4) is 0 Å². The van der Waals surface area contributed by atoms with E-state index in [2.05, 4.69) is 5.32 Å². The molecule has 0 spiro atoms. The molecule has 2 rings (SSSR count). The number of nitrogens with one attached hydrogen (secondary N) is 1. The minimum atomic E-state index is -0.797. The Kier molecular flexibility index (Phi) is 3.90. The molecule has 18 heavy (non-hydrogen) atoms. The highest BCUT2D eigenvalue weighted by molar-refractivity contribution is 14.1. The second-order valence-electron chi connectivity index (χ2n) is 3.56. The van der Waals surface area contributed by atoms with Gasteiger partial charge in [-0.15, -0.1) is 0 Å². The fourth-order valence-corrected chi connectivity index (χ4v) is 2.06. The van der Waals surface area contributed by atoms with E-state index in [1.165, 1.54) is 6.07 Å². The lowest BCUT2D eigenvalue weighted by Crippen LogP contribution is -2.14. The first-order chi connectivity index (χ1) is 8.58. The van der Waals surface area contributed by atoms with E-state index < -0.39 is 17.5 Å². The van der Waals surface area contributed by atoms with Crippen LogP contribution in [-0.4, -0.2) is 5.91 Å². The molecule has 0 saturated carbocycles. The summed E-state index contributed by atoms with van der Waals surface area (Å²) in [5.41, 5.74) is 0.405. The fraction of sp³-hybridized carbons (Fsp3) is 0. The van der Waals surface area contributed by atoms with Gasteiger partial charge < -0.3 is 5.32 Å². The number of halogens is 3. The van der Waals surface area contributed by atoms with E-state index in [1.807, 2.05) is 22.6 Å². The van der Waals surface area contributed by atoms with Crippen molar-refractivity contribution in [2.75, 3.05) is 5.32 Å². The summed E-state index contributed by atoms with van der Waals surface area (Å²) < 4.78 is 26.8. The third-order valence-corrected chi connectivity index (χ3v) is 3.24. The molecule has 0 aliphatic rings. The fourth-order valence-electron chi connectivity index (χ4n) is 1.43. The Morgan fingerprint density at radius 2 is 1.83 bits per heavy atom. The van der Waals surface area contributed by atoms with Gasteiger partial charge in [0.25, 0.3) is 5.91 Å². The van der Waals surface area contributed by atoms with Crippen LogP contribution in [0.5, 0.6) is 0 Å². The SMILES string of the molecule is O=C(Nc1ccc(F)cc1F)c1ccccc1I. The van der Waals surface area contributed by atoms with Gasteiger partial charge in [0, 0.05) is 9.64 Å². The maximum absolute atomic E-state index is 13.4. The molecular formula is C13H8F2INO. The number of rotatable bonds is 2. The monoisotopic (exact) mass is 359 g/mol. The molecule has 0 aliphatic heterocycles. The lowest BCUT2D eigenvalue weighted by Gasteiger charge is -2.07. The second-order valence-corrected chi connectivity index (χ2v) is 4.72. The maximum atomic E-state index is 13.4. The van der Waals surface area contributed by atoms with Gasteiger partial charge in [0.1, 0.15) is 11.6 Å². The van der Waals surface area contributed by atoms with Crippen LogP contribution in [-0.2, 0) is 0 Å². The summed E-state index contributed by atoms with van der Waals surface area (Å²) in [4.78, 5) is 11.9. The number of hydrogen-bond acceptors (Lipinski definition) is 1. The van der Waals surface area contributed by atoms with Gasteiger partial charge in [-0.1, -0.05) is 12.1 Å². The average Bonchev–Trinajstić information content (AvgIpc) is 2.33. The predicted octanol–water partition coefficient (Wildman–Crippen LogP) is 3.82. The number of hydrogen-bond donors (Lipinski definition) is 1. The molecule has 0 aliphatic carbocycles. The van der Waals surface area contributed by atoms with E-state index in [1.54, 1.807) is 24.3 Å². The van der Waals surface area contributed by atoms with Crippen LogP contribution >= 0.6 is 22.6 Å². The molecule has 0 unspecified atom stereocenters. The number of carbonyl (C=O) groups is 1. The topological polar surface area (TPSA) is 29.1 Å². The van der Waals surface area contributed by atoms with Gasteiger partial charge in [-0.05, 0) is 46.9 Å². The smallest absolute Gasteiger partial charge is 0.256 e. The minimum absolute atomic E-state index is 0.0407. The Morgan fingerprint density at radius 3 is 2.50 bits per heavy atom. The normalized spacial score (nSPS) is 10.2. The van der Waals surface area contributed by atoms with Crippen molar-refractivity contribution in [2.24, 2.45) is 0 Å². The van der Waals surface area contributed by atoms with E-state index in [0.717, 1.165) is 15.7 Å². The molecule has 0 aromatic heterocycles. The largest absolute Gasteiger partial charge is 0.319 e. The summed E-state index contributed by atoms with van der Waals surface area (Å²) >= 11 is 2.02. The number of benzene rings is 2. The summed E-state index contributed by atoms with van der Waals surface area (Å²) in [5, 5.41) is 2.41. The lowest BCUT2D eigenvalue weighted by atomic mass is 10.2. The highest BCUT2D eigenvalue weighted by Crippen LogP contribution is 2.18. The molecular weight excluding hydrogens is 351 g/mol. The van der Waals surface area contributed by atoms with Crippen molar-refractivity contribution in [3.05, 3.63) is 63.2 Å². The highest BCUT2D eigenvalue weighted by Gasteiger charge is 2.12. The van der Waals surface area contributed by atoms with Gasteiger partial charge in [-0.3, -0.25) is 4.79 Å². The first kappa shape index (κ1) is 12.9. The van der Waals surface area contributed by atoms with Crippen molar-refractivity contribution in [3.8, 4) is 0 Å². The number of amides is 1. The number of anilines is 1. The van der Waals surface area contributed by atoms with Gasteiger partial charge in [0.05, 0.1) is 11.3 Å². The molecule has 0 fully saturated rings. The molecule has 5 heteroatoms. The average molecular weight is 359 g/mol. The first-order valence-electron chi connectivity index (χ1n) is 5.09. The van der Waals surface area contributed by atoms with Crippen molar-refractivity contribution in [1.82, 2.24) is 0 Å². The highest BCUT2D eigenvalue weighted by atomic mass is 127. The Hall–Kier alpha value is -1.50. The van der Waals surface area contributed by atoms with Crippen LogP contribution in [0, 0.1) is 15.2 Å². The van der Waals surface area contributed by atoms with Crippen LogP contribution in [0.25, 0.3) is 0 Å². The zero-order chi connectivity index (χ0) is 13.1. The molecule has 0 radical (unpaired) electrons. The van der Waals surface area contributed by atoms with Crippen molar-refractivity contribution >= 4 is 34.2 Å². The standard InChI is InChI=1S/C13H8F2INO/c14-8-5-6-12(10(15)7-8)17-13(18)9-3-1-2-4-11(9)16/h1-7H,(H,17,18). The van der Waals surface area contributed by atoms with Crippen LogP contribution in [0.1, 0.15) is 10.4 Å². The summed E-state index contributed by atoms with van der Waals surface area (Å²) in [6, 6.07) is 9.95. The van der Waals surface area contributed by atoms with Gasteiger partial charge in [0.15, 0.2) is 0 Å². The molecule has 0 bridgehead atoms. The molecule has 2 aromatic carbocycles. The lowest BCUT2D eigenvalue weighted by molar-refractivity contribution is 0.102. The molecule has 0 saturated heterocycles. The van der Waals surface area contributed by atoms with Crippen molar-refractivity contribution in [2.45, 2.75) is 0 Å². The van der Waals surface area contributed by atoms with Crippen molar-refractivity contribution < 1.29 is 13.6 Å². The van der Waals surface area contributed by atoms with Gasteiger partial charge in [-0.25, -0.2) is 8.78 Å². The Labute approximate surface area is 116 Å². The third-order valence-electron chi connectivity index (χ3n) is 2.30. The van der Waals surface area contributed by atoms with E-state index in [-0.39, 0.29) is 5.69 Å². The quantitative estimate of drug-likeness (QED) is 0.812. The summed E-state index contributed by atoms with van der Waals surface area (Å²) in [5.74, 6) is -1.90. The summed E-state index contributed by atoms with van der Waals surface area (Å²) in [6.07, 6.45) is 0. The molecule has 0 atom stereocenters. The molecule has 2 nitrogen and oxygen atoms in total. The molecule has 2 aromatic rings. The Balaban J connectivity index is 2.24. The summed E-state index contributed by atoms with van der Waals surface area (Å²) in [6.45, 7) is 0. The van der Waals surface area contributed by atoms with Gasteiger partial charge in [-0.2, -0.15) is 0 Å². The Morgan fingerprint density at radius 1 is 1.11 bits per heavy atom. The second kappa shape index (κ2) is 5.43. The zero-order valence-corrected chi connectivity index (χ0v) is 11.2. The van der Waals surface area contributed by atoms with Crippen molar-refractivity contribution in [1.29, 1.82) is 0 Å². The van der Waals surface area contributed by atoms with Crippen LogP contribution in [0.2, 0.25) is 0 Å². The van der Waals surface area contributed by atoms with E-state index in [9.17, 15) is 13.6 Å². The van der Waals surface area contributed by atoms with Gasteiger partial charge in [0.2, 0.25) is 0 Å². The van der Waals surface area contributed by atoms with E-state index in [4.69, 9.17) is 0 Å². The van der Waals surface area contributed by atoms with Crippen LogP contribution in [0.15, 0.2) is 42.5 Å². The van der Waals surface area contributed by atoms with Crippen LogP contribution < -0.4 is 5.32 Å². The zero-order valence-electron chi connectivity index (χ0n) is 9.08. The van der Waals surface area contributed by atoms with E-state index >= 15 is 0 Å². The van der Waals surface area contributed by atoms with Crippen LogP contribution in [0.4, 0.5) is 14.5 Å². The van der Waals surface area contributed by atoms with E-state index in [0.29, 0.717) is 5.56 Å². The maximum Gasteiger partial charge on any atom is 0.256 e. The van der Waals surface area contributed by atoms with Crippen molar-refractivity contribution in [3.63, 3.8) is 0 Å². The predicted molar refractivity (Wildman–Crippen MR) is 73.5 cm³/mol. The molecule has 0 heterocycles. The summed E-state index contributed by atoms with van der Waals surface area (Å²) in [7, 11) is 0. The van der Waals surface area contributed by atoms with Gasteiger partial charge >= 0.3 is 0 Å². The first-order valence-corrected chi connectivity index (χ1v) is 6.17.